The van der Waals surface area contributed by atoms with Gasteiger partial charge in [0.15, 0.2) is 0 Å². The van der Waals surface area contributed by atoms with Crippen LogP contribution in [0.2, 0.25) is 0 Å². The molecule has 90 valence electrons. The van der Waals surface area contributed by atoms with E-state index in [0.29, 0.717) is 12.6 Å². The average Bonchev–Trinajstić information content (AvgIpc) is 2.29. The van der Waals surface area contributed by atoms with Crippen LogP contribution in [-0.4, -0.2) is 37.0 Å². The summed E-state index contributed by atoms with van der Waals surface area (Å²) < 4.78 is 0. The van der Waals surface area contributed by atoms with Crippen molar-refractivity contribution in [1.29, 1.82) is 0 Å². The quantitative estimate of drug-likeness (QED) is 0.826. The third-order valence-corrected chi connectivity index (χ3v) is 2.67. The molecule has 3 nitrogen and oxygen atoms in total. The smallest absolute Gasteiger partial charge is 0.251 e. The van der Waals surface area contributed by atoms with E-state index in [2.05, 4.69) is 31.1 Å². The Balaban J connectivity index is 0.00000256. The minimum atomic E-state index is -0.00208. The van der Waals surface area contributed by atoms with Gasteiger partial charge in [0, 0.05) is 26.1 Å². The molecule has 0 radical (unpaired) electrons. The Bertz CT molecular complexity index is 327. The standard InChI is InChI=1S/C13H20N2O.H2/c1-11(2)15(3)10-9-14-13(16)12-7-5-4-6-8-12;/h4-8,11H,9-10H2,1-3H3,(H,14,16);1H. The highest BCUT2D eigenvalue weighted by atomic mass is 16.1. The molecule has 0 bridgehead atoms. The molecular formula is C13H22N2O. The molecular weight excluding hydrogens is 200 g/mol. The zero-order valence-corrected chi connectivity index (χ0v) is 10.2. The molecule has 0 heterocycles. The van der Waals surface area contributed by atoms with Gasteiger partial charge in [-0.2, -0.15) is 0 Å². The van der Waals surface area contributed by atoms with Crippen LogP contribution in [-0.2, 0) is 0 Å². The first-order valence-electron chi connectivity index (χ1n) is 5.64. The summed E-state index contributed by atoms with van der Waals surface area (Å²) >= 11 is 0. The van der Waals surface area contributed by atoms with Crippen LogP contribution in [0.1, 0.15) is 25.6 Å². The number of amides is 1. The van der Waals surface area contributed by atoms with Gasteiger partial charge in [0.25, 0.3) is 5.91 Å². The Morgan fingerprint density at radius 1 is 1.38 bits per heavy atom. The molecule has 0 atom stereocenters. The summed E-state index contributed by atoms with van der Waals surface area (Å²) in [7, 11) is 2.05. The van der Waals surface area contributed by atoms with E-state index < -0.39 is 0 Å². The van der Waals surface area contributed by atoms with Crippen molar-refractivity contribution in [2.75, 3.05) is 20.1 Å². The lowest BCUT2D eigenvalue weighted by Crippen LogP contribution is -2.36. The Morgan fingerprint density at radius 2 is 2.00 bits per heavy atom. The van der Waals surface area contributed by atoms with Gasteiger partial charge in [-0.15, -0.1) is 0 Å². The molecule has 0 unspecified atom stereocenters. The normalized spacial score (nSPS) is 10.8. The van der Waals surface area contributed by atoms with E-state index in [0.717, 1.165) is 12.1 Å². The fourth-order valence-corrected chi connectivity index (χ4v) is 1.30. The van der Waals surface area contributed by atoms with Crippen LogP contribution in [0.3, 0.4) is 0 Å². The average molecular weight is 222 g/mol. The number of nitrogens with zero attached hydrogens (tertiary/aromatic N) is 1. The Hall–Kier alpha value is -1.35. The monoisotopic (exact) mass is 222 g/mol. The molecule has 1 aromatic rings. The van der Waals surface area contributed by atoms with Gasteiger partial charge in [-0.25, -0.2) is 0 Å². The van der Waals surface area contributed by atoms with Crippen LogP contribution in [0.4, 0.5) is 0 Å². The summed E-state index contributed by atoms with van der Waals surface area (Å²) in [6.45, 7) is 5.83. The summed E-state index contributed by atoms with van der Waals surface area (Å²) in [5.74, 6) is -0.00208. The zero-order chi connectivity index (χ0) is 12.0. The van der Waals surface area contributed by atoms with Crippen LogP contribution in [0, 0.1) is 0 Å². The summed E-state index contributed by atoms with van der Waals surface area (Å²) in [4.78, 5) is 13.9. The first-order valence-corrected chi connectivity index (χ1v) is 5.64. The minimum absolute atomic E-state index is 0. The van der Waals surface area contributed by atoms with Crippen molar-refractivity contribution in [1.82, 2.24) is 10.2 Å². The third-order valence-electron chi connectivity index (χ3n) is 2.67. The molecule has 0 spiro atoms. The van der Waals surface area contributed by atoms with Gasteiger partial charge in [0.2, 0.25) is 0 Å². The van der Waals surface area contributed by atoms with Crippen molar-refractivity contribution in [3.8, 4) is 0 Å². The van der Waals surface area contributed by atoms with Gasteiger partial charge >= 0.3 is 0 Å². The van der Waals surface area contributed by atoms with Crippen molar-refractivity contribution in [3.05, 3.63) is 35.9 Å². The van der Waals surface area contributed by atoms with E-state index in [1.165, 1.54) is 0 Å². The van der Waals surface area contributed by atoms with Gasteiger partial charge in [-0.1, -0.05) is 18.2 Å². The summed E-state index contributed by atoms with van der Waals surface area (Å²) in [5.41, 5.74) is 0.717. The van der Waals surface area contributed by atoms with Gasteiger partial charge in [0.1, 0.15) is 0 Å². The van der Waals surface area contributed by atoms with Crippen molar-refractivity contribution >= 4 is 5.91 Å². The van der Waals surface area contributed by atoms with Gasteiger partial charge in [-0.05, 0) is 33.0 Å². The van der Waals surface area contributed by atoms with Crippen LogP contribution in [0.15, 0.2) is 30.3 Å². The molecule has 1 amide bonds. The number of benzene rings is 1. The highest BCUT2D eigenvalue weighted by Gasteiger charge is 2.05. The van der Waals surface area contributed by atoms with Crippen LogP contribution < -0.4 is 5.32 Å². The van der Waals surface area contributed by atoms with E-state index >= 15 is 0 Å². The van der Waals surface area contributed by atoms with Gasteiger partial charge in [-0.3, -0.25) is 4.79 Å². The Morgan fingerprint density at radius 3 is 2.56 bits per heavy atom. The maximum absolute atomic E-state index is 11.7. The molecule has 0 saturated carbocycles. The lowest BCUT2D eigenvalue weighted by atomic mass is 10.2. The molecule has 0 saturated heterocycles. The van der Waals surface area contributed by atoms with Crippen molar-refractivity contribution in [2.45, 2.75) is 19.9 Å². The van der Waals surface area contributed by atoms with Crippen LogP contribution >= 0.6 is 0 Å². The van der Waals surface area contributed by atoms with Crippen molar-refractivity contribution in [2.24, 2.45) is 0 Å². The summed E-state index contributed by atoms with van der Waals surface area (Å²) in [6, 6.07) is 9.80. The second-order valence-corrected chi connectivity index (χ2v) is 4.20. The van der Waals surface area contributed by atoms with Crippen LogP contribution in [0.5, 0.6) is 0 Å². The van der Waals surface area contributed by atoms with E-state index in [9.17, 15) is 4.79 Å². The largest absolute Gasteiger partial charge is 0.351 e. The fraction of sp³-hybridized carbons (Fsp3) is 0.462. The zero-order valence-electron chi connectivity index (χ0n) is 10.2. The molecule has 0 aliphatic rings. The number of carbonyl (C=O) groups is 1. The summed E-state index contributed by atoms with van der Waals surface area (Å²) in [6.07, 6.45) is 0. The van der Waals surface area contributed by atoms with Crippen LogP contribution in [0.25, 0.3) is 0 Å². The van der Waals surface area contributed by atoms with E-state index in [4.69, 9.17) is 0 Å². The lowest BCUT2D eigenvalue weighted by Gasteiger charge is -2.20. The summed E-state index contributed by atoms with van der Waals surface area (Å²) in [5, 5.41) is 2.90. The number of hydrogen-bond acceptors (Lipinski definition) is 2. The SMILES string of the molecule is CC(C)N(C)CCNC(=O)c1ccccc1.[HH]. The van der Waals surface area contributed by atoms with Crippen molar-refractivity contribution < 1.29 is 6.22 Å². The Kier molecular flexibility index (Phi) is 4.99. The van der Waals surface area contributed by atoms with Gasteiger partial charge < -0.3 is 10.2 Å². The molecule has 0 aliphatic carbocycles. The lowest BCUT2D eigenvalue weighted by molar-refractivity contribution is 0.0948. The molecule has 3 heteroatoms. The minimum Gasteiger partial charge on any atom is -0.351 e. The highest BCUT2D eigenvalue weighted by Crippen LogP contribution is 1.97. The molecule has 16 heavy (non-hydrogen) atoms. The first-order chi connectivity index (χ1) is 7.61. The van der Waals surface area contributed by atoms with Crippen molar-refractivity contribution in [3.63, 3.8) is 0 Å². The number of rotatable bonds is 5. The highest BCUT2D eigenvalue weighted by molar-refractivity contribution is 5.94. The number of likely N-dealkylation sites (N-methyl/N-ethyl adjacent to an activating group) is 1. The molecule has 0 aliphatic heterocycles. The maximum Gasteiger partial charge on any atom is 0.251 e. The predicted molar refractivity (Wildman–Crippen MR) is 68.7 cm³/mol. The van der Waals surface area contributed by atoms with E-state index in [1.54, 1.807) is 0 Å². The Labute approximate surface area is 98.9 Å². The third kappa shape index (κ3) is 4.03. The first kappa shape index (κ1) is 12.7. The second kappa shape index (κ2) is 6.28. The number of hydrogen-bond donors (Lipinski definition) is 1. The molecule has 1 aromatic carbocycles. The second-order valence-electron chi connectivity index (χ2n) is 4.20. The topological polar surface area (TPSA) is 32.3 Å². The predicted octanol–water partition coefficient (Wildman–Crippen LogP) is 2.00. The molecule has 0 aromatic heterocycles. The number of nitrogens with one attached hydrogen (secondary N) is 1. The fourth-order valence-electron chi connectivity index (χ4n) is 1.30. The molecule has 0 fully saturated rings. The molecule has 1 N–H and O–H groups in total. The van der Waals surface area contributed by atoms with E-state index in [-0.39, 0.29) is 7.33 Å². The maximum atomic E-state index is 11.7. The molecule has 1 rings (SSSR count). The number of carbonyl (C=O) groups excluding carboxylic acids is 1. The van der Waals surface area contributed by atoms with E-state index in [1.807, 2.05) is 30.3 Å². The van der Waals surface area contributed by atoms with Gasteiger partial charge in [0.05, 0.1) is 0 Å².